The molecule has 1 aliphatic carbocycles. The Labute approximate surface area is 85.5 Å². The van der Waals surface area contributed by atoms with Crippen LogP contribution in [-0.2, 0) is 6.54 Å². The largest absolute Gasteiger partial charge is 0.312 e. The monoisotopic (exact) mass is 193 g/mol. The highest BCUT2D eigenvalue weighted by molar-refractivity contribution is 4.92. The summed E-state index contributed by atoms with van der Waals surface area (Å²) in [5, 5.41) is 7.73. The summed E-state index contributed by atoms with van der Waals surface area (Å²) in [7, 11) is 0. The normalized spacial score (nSPS) is 25.2. The van der Waals surface area contributed by atoms with Crippen LogP contribution in [-0.4, -0.2) is 22.4 Å². The summed E-state index contributed by atoms with van der Waals surface area (Å²) in [6.07, 6.45) is 7.93. The van der Waals surface area contributed by atoms with E-state index in [9.17, 15) is 0 Å². The Hall–Kier alpha value is -0.830. The average molecular weight is 193 g/mol. The van der Waals surface area contributed by atoms with Crippen molar-refractivity contribution in [2.45, 2.75) is 38.8 Å². The topological polar surface area (TPSA) is 29.9 Å². The van der Waals surface area contributed by atoms with E-state index in [0.717, 1.165) is 25.0 Å². The van der Waals surface area contributed by atoms with Crippen LogP contribution < -0.4 is 5.32 Å². The molecule has 1 saturated carbocycles. The molecule has 0 radical (unpaired) electrons. The van der Waals surface area contributed by atoms with Gasteiger partial charge >= 0.3 is 0 Å². The third kappa shape index (κ3) is 2.58. The van der Waals surface area contributed by atoms with Gasteiger partial charge in [-0.15, -0.1) is 0 Å². The number of rotatable bonds is 6. The van der Waals surface area contributed by atoms with Gasteiger partial charge in [-0.05, 0) is 24.8 Å². The summed E-state index contributed by atoms with van der Waals surface area (Å²) in [5.41, 5.74) is 0. The van der Waals surface area contributed by atoms with E-state index in [4.69, 9.17) is 0 Å². The van der Waals surface area contributed by atoms with E-state index in [-0.39, 0.29) is 0 Å². The minimum Gasteiger partial charge on any atom is -0.312 e. The first kappa shape index (κ1) is 9.71. The van der Waals surface area contributed by atoms with Crippen molar-refractivity contribution < 1.29 is 0 Å². The molecular formula is C11H19N3. The van der Waals surface area contributed by atoms with Crippen molar-refractivity contribution in [3.05, 3.63) is 18.5 Å². The summed E-state index contributed by atoms with van der Waals surface area (Å²) in [5.74, 6) is 0.956. The van der Waals surface area contributed by atoms with Gasteiger partial charge in [-0.1, -0.05) is 13.3 Å². The van der Waals surface area contributed by atoms with Gasteiger partial charge in [0, 0.05) is 25.0 Å². The molecule has 0 spiro atoms. The summed E-state index contributed by atoms with van der Waals surface area (Å²) >= 11 is 0. The maximum absolute atomic E-state index is 4.17. The van der Waals surface area contributed by atoms with Crippen molar-refractivity contribution in [3.63, 3.8) is 0 Å². The van der Waals surface area contributed by atoms with Gasteiger partial charge < -0.3 is 5.32 Å². The molecule has 0 amide bonds. The molecule has 0 aliphatic heterocycles. The van der Waals surface area contributed by atoms with E-state index in [0.29, 0.717) is 0 Å². The van der Waals surface area contributed by atoms with Gasteiger partial charge in [0.2, 0.25) is 0 Å². The van der Waals surface area contributed by atoms with Gasteiger partial charge in [0.25, 0.3) is 0 Å². The van der Waals surface area contributed by atoms with Crippen molar-refractivity contribution in [1.29, 1.82) is 0 Å². The average Bonchev–Trinajstić information content (AvgIpc) is 2.73. The summed E-state index contributed by atoms with van der Waals surface area (Å²) < 4.78 is 1.98. The molecule has 78 valence electrons. The third-order valence-electron chi connectivity index (χ3n) is 2.89. The first-order valence-corrected chi connectivity index (χ1v) is 5.61. The molecule has 1 aromatic rings. The van der Waals surface area contributed by atoms with Crippen LogP contribution in [0.3, 0.4) is 0 Å². The second-order valence-electron chi connectivity index (χ2n) is 4.11. The predicted octanol–water partition coefficient (Wildman–Crippen LogP) is 1.66. The van der Waals surface area contributed by atoms with Crippen LogP contribution in [0.2, 0.25) is 0 Å². The van der Waals surface area contributed by atoms with Crippen LogP contribution in [0, 0.1) is 5.92 Å². The van der Waals surface area contributed by atoms with E-state index in [1.54, 1.807) is 0 Å². The maximum atomic E-state index is 4.17. The van der Waals surface area contributed by atoms with Gasteiger partial charge in [0.05, 0.1) is 6.54 Å². The van der Waals surface area contributed by atoms with Gasteiger partial charge in [-0.25, -0.2) is 0 Å². The van der Waals surface area contributed by atoms with Gasteiger partial charge in [-0.2, -0.15) is 5.10 Å². The Morgan fingerprint density at radius 3 is 3.21 bits per heavy atom. The molecule has 0 aromatic carbocycles. The molecule has 14 heavy (non-hydrogen) atoms. The molecule has 1 aliphatic rings. The first-order chi connectivity index (χ1) is 6.90. The fourth-order valence-electron chi connectivity index (χ4n) is 1.98. The minimum absolute atomic E-state index is 0.797. The zero-order valence-corrected chi connectivity index (χ0v) is 8.82. The van der Waals surface area contributed by atoms with Gasteiger partial charge in [0.15, 0.2) is 0 Å². The van der Waals surface area contributed by atoms with Crippen molar-refractivity contribution in [1.82, 2.24) is 15.1 Å². The quantitative estimate of drug-likeness (QED) is 0.744. The lowest BCUT2D eigenvalue weighted by molar-refractivity contribution is 0.531. The second-order valence-corrected chi connectivity index (χ2v) is 4.11. The molecule has 0 saturated heterocycles. The lowest BCUT2D eigenvalue weighted by Crippen LogP contribution is -2.23. The van der Waals surface area contributed by atoms with Crippen molar-refractivity contribution in [2.75, 3.05) is 6.54 Å². The molecular weight excluding hydrogens is 174 g/mol. The first-order valence-electron chi connectivity index (χ1n) is 5.61. The third-order valence-corrected chi connectivity index (χ3v) is 2.89. The summed E-state index contributed by atoms with van der Waals surface area (Å²) in [6.45, 7) is 4.30. The predicted molar refractivity (Wildman–Crippen MR) is 57.0 cm³/mol. The Morgan fingerprint density at radius 2 is 2.50 bits per heavy atom. The molecule has 3 nitrogen and oxygen atoms in total. The highest BCUT2D eigenvalue weighted by atomic mass is 15.3. The van der Waals surface area contributed by atoms with E-state index in [2.05, 4.69) is 17.3 Å². The Balaban J connectivity index is 1.57. The van der Waals surface area contributed by atoms with Crippen molar-refractivity contribution >= 4 is 0 Å². The molecule has 1 aromatic heterocycles. The molecule has 2 atom stereocenters. The van der Waals surface area contributed by atoms with Crippen molar-refractivity contribution in [2.24, 2.45) is 5.92 Å². The lowest BCUT2D eigenvalue weighted by atomic mass is 10.2. The van der Waals surface area contributed by atoms with Gasteiger partial charge in [-0.3, -0.25) is 4.68 Å². The van der Waals surface area contributed by atoms with Gasteiger partial charge in [0.1, 0.15) is 0 Å². The fraction of sp³-hybridized carbons (Fsp3) is 0.727. The van der Waals surface area contributed by atoms with Crippen LogP contribution >= 0.6 is 0 Å². The number of nitrogens with zero attached hydrogens (tertiary/aromatic N) is 2. The van der Waals surface area contributed by atoms with Crippen LogP contribution in [0.4, 0.5) is 0 Å². The number of hydrogen-bond donors (Lipinski definition) is 1. The second kappa shape index (κ2) is 4.60. The van der Waals surface area contributed by atoms with E-state index >= 15 is 0 Å². The van der Waals surface area contributed by atoms with Crippen LogP contribution in [0.25, 0.3) is 0 Å². The van der Waals surface area contributed by atoms with E-state index < -0.39 is 0 Å². The number of aromatic nitrogens is 2. The molecule has 1 fully saturated rings. The molecule has 0 bridgehead atoms. The van der Waals surface area contributed by atoms with Crippen LogP contribution in [0.5, 0.6) is 0 Å². The summed E-state index contributed by atoms with van der Waals surface area (Å²) in [4.78, 5) is 0. The number of nitrogens with one attached hydrogen (secondary N) is 1. The molecule has 1 N–H and O–H groups in total. The zero-order chi connectivity index (χ0) is 9.80. The molecule has 2 rings (SSSR count). The smallest absolute Gasteiger partial charge is 0.0534 e. The van der Waals surface area contributed by atoms with E-state index in [1.165, 1.54) is 19.3 Å². The van der Waals surface area contributed by atoms with Crippen molar-refractivity contribution in [3.8, 4) is 0 Å². The standard InChI is InChI=1S/C11H19N3/c1-2-4-10-9-11(10)12-6-8-14-7-3-5-13-14/h3,5,7,10-12H,2,4,6,8-9H2,1H3. The lowest BCUT2D eigenvalue weighted by Gasteiger charge is -2.03. The number of hydrogen-bond acceptors (Lipinski definition) is 2. The van der Waals surface area contributed by atoms with Crippen LogP contribution in [0.15, 0.2) is 18.5 Å². The Bertz CT molecular complexity index is 256. The fourth-order valence-corrected chi connectivity index (χ4v) is 1.98. The van der Waals surface area contributed by atoms with Crippen LogP contribution in [0.1, 0.15) is 26.2 Å². The zero-order valence-electron chi connectivity index (χ0n) is 8.82. The highest BCUT2D eigenvalue weighted by Gasteiger charge is 2.34. The minimum atomic E-state index is 0.797. The summed E-state index contributed by atoms with van der Waals surface area (Å²) in [6, 6.07) is 2.77. The molecule has 3 heteroatoms. The SMILES string of the molecule is CCCC1CC1NCCn1cccn1. The Morgan fingerprint density at radius 1 is 1.57 bits per heavy atom. The Kier molecular flexibility index (Phi) is 3.19. The maximum Gasteiger partial charge on any atom is 0.0534 e. The molecule has 1 heterocycles. The highest BCUT2D eigenvalue weighted by Crippen LogP contribution is 2.34. The molecule has 2 unspecified atom stereocenters. The van der Waals surface area contributed by atoms with E-state index in [1.807, 2.05) is 23.1 Å².